The van der Waals surface area contributed by atoms with Crippen molar-refractivity contribution in [2.75, 3.05) is 19.7 Å². The fourth-order valence-electron chi connectivity index (χ4n) is 1.93. The maximum absolute atomic E-state index is 5.64. The van der Waals surface area contributed by atoms with Gasteiger partial charge in [-0.3, -0.25) is 4.68 Å². The molecule has 1 aliphatic heterocycles. The van der Waals surface area contributed by atoms with Crippen molar-refractivity contribution >= 4 is 0 Å². The Hall–Kier alpha value is -1.03. The highest BCUT2D eigenvalue weighted by atomic mass is 16.5. The zero-order valence-corrected chi connectivity index (χ0v) is 10.1. The van der Waals surface area contributed by atoms with E-state index in [-0.39, 0.29) is 0 Å². The number of nitrogens with one attached hydrogen (secondary N) is 1. The van der Waals surface area contributed by atoms with Gasteiger partial charge in [0.2, 0.25) is 0 Å². The molecule has 4 nitrogen and oxygen atoms in total. The van der Waals surface area contributed by atoms with Crippen molar-refractivity contribution in [3.63, 3.8) is 0 Å². The molecular weight excluding hydrogens is 202 g/mol. The van der Waals surface area contributed by atoms with Crippen LogP contribution in [0.3, 0.4) is 0 Å². The minimum Gasteiger partial charge on any atom is -0.490 e. The molecule has 1 saturated heterocycles. The summed E-state index contributed by atoms with van der Waals surface area (Å²) in [6.45, 7) is 7.24. The molecule has 1 aliphatic rings. The van der Waals surface area contributed by atoms with Crippen molar-refractivity contribution in [3.8, 4) is 5.75 Å². The van der Waals surface area contributed by atoms with Crippen molar-refractivity contribution in [1.29, 1.82) is 0 Å². The van der Waals surface area contributed by atoms with Gasteiger partial charge in [-0.2, -0.15) is 5.10 Å². The van der Waals surface area contributed by atoms with Crippen LogP contribution in [0.15, 0.2) is 12.4 Å². The number of hydrogen-bond donors (Lipinski definition) is 1. The van der Waals surface area contributed by atoms with Crippen molar-refractivity contribution in [3.05, 3.63) is 12.4 Å². The standard InChI is InChI=1S/C12H21N3O/c1-10(2)9-16-12-7-14-15(8-12)11-3-5-13-6-4-11/h7-8,10-11,13H,3-6,9H2,1-2H3. The lowest BCUT2D eigenvalue weighted by molar-refractivity contribution is 0.269. The van der Waals surface area contributed by atoms with Crippen LogP contribution in [-0.4, -0.2) is 29.5 Å². The van der Waals surface area contributed by atoms with Crippen molar-refractivity contribution in [2.24, 2.45) is 5.92 Å². The van der Waals surface area contributed by atoms with Crippen LogP contribution in [0.4, 0.5) is 0 Å². The predicted molar refractivity (Wildman–Crippen MR) is 63.7 cm³/mol. The molecule has 0 spiro atoms. The normalized spacial score (nSPS) is 17.9. The molecule has 0 radical (unpaired) electrons. The molecule has 0 atom stereocenters. The first-order valence-electron chi connectivity index (χ1n) is 6.13. The lowest BCUT2D eigenvalue weighted by atomic mass is 10.1. The molecule has 0 unspecified atom stereocenters. The first-order chi connectivity index (χ1) is 7.75. The summed E-state index contributed by atoms with van der Waals surface area (Å²) < 4.78 is 7.69. The Labute approximate surface area is 97.0 Å². The van der Waals surface area contributed by atoms with Gasteiger partial charge in [-0.1, -0.05) is 13.8 Å². The first kappa shape index (κ1) is 11.5. The summed E-state index contributed by atoms with van der Waals surface area (Å²) in [5, 5.41) is 7.74. The third-order valence-electron chi connectivity index (χ3n) is 2.84. The maximum atomic E-state index is 5.64. The second-order valence-corrected chi connectivity index (χ2v) is 4.84. The molecule has 0 aliphatic carbocycles. The third kappa shape index (κ3) is 2.98. The van der Waals surface area contributed by atoms with Gasteiger partial charge in [-0.05, 0) is 31.8 Å². The molecular formula is C12H21N3O. The molecule has 0 saturated carbocycles. The second kappa shape index (κ2) is 5.34. The highest BCUT2D eigenvalue weighted by Gasteiger charge is 2.15. The Morgan fingerprint density at radius 3 is 2.94 bits per heavy atom. The first-order valence-corrected chi connectivity index (χ1v) is 6.13. The number of rotatable bonds is 4. The summed E-state index contributed by atoms with van der Waals surface area (Å²) in [5.41, 5.74) is 0. The number of nitrogens with zero attached hydrogens (tertiary/aromatic N) is 2. The van der Waals surface area contributed by atoms with E-state index in [1.165, 1.54) is 0 Å². The minimum atomic E-state index is 0.539. The van der Waals surface area contributed by atoms with Gasteiger partial charge in [0.05, 0.1) is 25.0 Å². The smallest absolute Gasteiger partial charge is 0.157 e. The summed E-state index contributed by atoms with van der Waals surface area (Å²) in [5.74, 6) is 1.45. The van der Waals surface area contributed by atoms with Crippen LogP contribution >= 0.6 is 0 Å². The molecule has 0 bridgehead atoms. The van der Waals surface area contributed by atoms with E-state index < -0.39 is 0 Å². The predicted octanol–water partition coefficient (Wildman–Crippen LogP) is 1.84. The van der Waals surface area contributed by atoms with Crippen molar-refractivity contribution in [1.82, 2.24) is 15.1 Å². The number of piperidine rings is 1. The fraction of sp³-hybridized carbons (Fsp3) is 0.750. The molecule has 16 heavy (non-hydrogen) atoms. The van der Waals surface area contributed by atoms with Gasteiger partial charge in [-0.25, -0.2) is 0 Å². The molecule has 4 heteroatoms. The van der Waals surface area contributed by atoms with Crippen LogP contribution in [0, 0.1) is 5.92 Å². The maximum Gasteiger partial charge on any atom is 0.157 e. The molecule has 1 aromatic rings. The Bertz CT molecular complexity index is 316. The third-order valence-corrected chi connectivity index (χ3v) is 2.84. The number of ether oxygens (including phenoxy) is 1. The van der Waals surface area contributed by atoms with E-state index in [0.29, 0.717) is 12.0 Å². The van der Waals surface area contributed by atoms with Crippen LogP contribution in [0.2, 0.25) is 0 Å². The van der Waals surface area contributed by atoms with Gasteiger partial charge in [0.15, 0.2) is 5.75 Å². The lowest BCUT2D eigenvalue weighted by Crippen LogP contribution is -2.29. The molecule has 90 valence electrons. The van der Waals surface area contributed by atoms with Gasteiger partial charge in [-0.15, -0.1) is 0 Å². The highest BCUT2D eigenvalue weighted by molar-refractivity contribution is 5.12. The van der Waals surface area contributed by atoms with Crippen LogP contribution in [0.1, 0.15) is 32.7 Å². The molecule has 1 N–H and O–H groups in total. The summed E-state index contributed by atoms with van der Waals surface area (Å²) in [6.07, 6.45) is 6.17. The highest BCUT2D eigenvalue weighted by Crippen LogP contribution is 2.20. The van der Waals surface area contributed by atoms with E-state index in [0.717, 1.165) is 38.3 Å². The van der Waals surface area contributed by atoms with Gasteiger partial charge >= 0.3 is 0 Å². The Balaban J connectivity index is 1.90. The van der Waals surface area contributed by atoms with E-state index in [9.17, 15) is 0 Å². The van der Waals surface area contributed by atoms with Gasteiger partial charge in [0.1, 0.15) is 0 Å². The van der Waals surface area contributed by atoms with E-state index >= 15 is 0 Å². The molecule has 2 rings (SSSR count). The Morgan fingerprint density at radius 1 is 1.50 bits per heavy atom. The van der Waals surface area contributed by atoms with Gasteiger partial charge in [0.25, 0.3) is 0 Å². The molecule has 0 amide bonds. The zero-order valence-electron chi connectivity index (χ0n) is 10.1. The van der Waals surface area contributed by atoms with Gasteiger partial charge < -0.3 is 10.1 Å². The molecule has 1 aromatic heterocycles. The van der Waals surface area contributed by atoms with E-state index in [4.69, 9.17) is 4.74 Å². The van der Waals surface area contributed by atoms with E-state index in [2.05, 4.69) is 28.9 Å². The van der Waals surface area contributed by atoms with Gasteiger partial charge in [0, 0.05) is 0 Å². The molecule has 0 aromatic carbocycles. The monoisotopic (exact) mass is 223 g/mol. The summed E-state index contributed by atoms with van der Waals surface area (Å²) >= 11 is 0. The largest absolute Gasteiger partial charge is 0.490 e. The van der Waals surface area contributed by atoms with Crippen LogP contribution < -0.4 is 10.1 Å². The molecule has 1 fully saturated rings. The Kier molecular flexibility index (Phi) is 3.83. The Morgan fingerprint density at radius 2 is 2.25 bits per heavy atom. The number of hydrogen-bond acceptors (Lipinski definition) is 3. The number of aromatic nitrogens is 2. The average molecular weight is 223 g/mol. The van der Waals surface area contributed by atoms with Crippen LogP contribution in [-0.2, 0) is 0 Å². The quantitative estimate of drug-likeness (QED) is 0.846. The van der Waals surface area contributed by atoms with E-state index in [1.54, 1.807) is 0 Å². The average Bonchev–Trinajstić information content (AvgIpc) is 2.76. The second-order valence-electron chi connectivity index (χ2n) is 4.84. The fourth-order valence-corrected chi connectivity index (χ4v) is 1.93. The van der Waals surface area contributed by atoms with Crippen LogP contribution in [0.5, 0.6) is 5.75 Å². The summed E-state index contributed by atoms with van der Waals surface area (Å²) in [7, 11) is 0. The minimum absolute atomic E-state index is 0.539. The summed E-state index contributed by atoms with van der Waals surface area (Å²) in [6, 6.07) is 0.539. The summed E-state index contributed by atoms with van der Waals surface area (Å²) in [4.78, 5) is 0. The van der Waals surface area contributed by atoms with E-state index in [1.807, 2.05) is 12.4 Å². The molecule has 2 heterocycles. The topological polar surface area (TPSA) is 39.1 Å². The zero-order chi connectivity index (χ0) is 11.4. The van der Waals surface area contributed by atoms with Crippen molar-refractivity contribution < 1.29 is 4.74 Å². The van der Waals surface area contributed by atoms with Crippen molar-refractivity contribution in [2.45, 2.75) is 32.7 Å². The van der Waals surface area contributed by atoms with Crippen LogP contribution in [0.25, 0.3) is 0 Å². The lowest BCUT2D eigenvalue weighted by Gasteiger charge is -2.22. The SMILES string of the molecule is CC(C)COc1cnn(C2CCNCC2)c1.